The lowest BCUT2D eigenvalue weighted by Gasteiger charge is -2.39. The smallest absolute Gasteiger partial charge is 0.256 e. The van der Waals surface area contributed by atoms with Gasteiger partial charge in [-0.05, 0) is 36.5 Å². The van der Waals surface area contributed by atoms with Gasteiger partial charge in [0.25, 0.3) is 5.22 Å². The van der Waals surface area contributed by atoms with Crippen LogP contribution in [-0.2, 0) is 25.7 Å². The van der Waals surface area contributed by atoms with Gasteiger partial charge in [0.2, 0.25) is 5.91 Å². The monoisotopic (exact) mass is 722 g/mol. The van der Waals surface area contributed by atoms with Gasteiger partial charge in [0.15, 0.2) is 17.8 Å². The fourth-order valence-electron chi connectivity index (χ4n) is 6.39. The maximum absolute atomic E-state index is 12.6. The van der Waals surface area contributed by atoms with Crippen molar-refractivity contribution < 1.29 is 33.7 Å². The summed E-state index contributed by atoms with van der Waals surface area (Å²) in [6.45, 7) is -0.422. The van der Waals surface area contributed by atoms with E-state index in [0.717, 1.165) is 65.1 Å². The molecular formula is C42H46N2O7S. The Morgan fingerprint density at radius 2 is 1.56 bits per heavy atom. The van der Waals surface area contributed by atoms with E-state index < -0.39 is 12.9 Å². The summed E-state index contributed by atoms with van der Waals surface area (Å²) in [5.41, 5.74) is 5.39. The van der Waals surface area contributed by atoms with Gasteiger partial charge in [-0.25, -0.2) is 4.98 Å². The van der Waals surface area contributed by atoms with Crippen LogP contribution < -0.4 is 5.32 Å². The summed E-state index contributed by atoms with van der Waals surface area (Å²) >= 11 is 1.53. The van der Waals surface area contributed by atoms with Crippen LogP contribution in [0.3, 0.4) is 0 Å². The van der Waals surface area contributed by atoms with Crippen LogP contribution in [0.5, 0.6) is 0 Å². The largest absolute Gasteiger partial charge is 0.431 e. The lowest BCUT2D eigenvalue weighted by molar-refractivity contribution is -0.254. The number of aliphatic hydroxyl groups is 2. The molecular weight excluding hydrogens is 677 g/mol. The molecule has 52 heavy (non-hydrogen) atoms. The second-order valence-electron chi connectivity index (χ2n) is 13.2. The quantitative estimate of drug-likeness (QED) is 0.0734. The molecule has 0 bridgehead atoms. The molecule has 1 unspecified atom stereocenters. The molecule has 4 aromatic rings. The van der Waals surface area contributed by atoms with Gasteiger partial charge in [0.05, 0.1) is 18.8 Å². The van der Waals surface area contributed by atoms with Crippen molar-refractivity contribution in [3.8, 4) is 22.6 Å². The molecule has 9 nitrogen and oxygen atoms in total. The van der Waals surface area contributed by atoms with Crippen molar-refractivity contribution in [3.05, 3.63) is 120 Å². The van der Waals surface area contributed by atoms with Crippen LogP contribution in [0, 0.1) is 5.92 Å². The van der Waals surface area contributed by atoms with Crippen molar-refractivity contribution in [2.75, 3.05) is 12.4 Å². The number of unbranched alkanes of at least 4 members (excludes halogenated alkanes) is 3. The number of nitrogens with zero attached hydrogens (tertiary/aromatic N) is 1. The van der Waals surface area contributed by atoms with E-state index in [-0.39, 0.29) is 36.4 Å². The third-order valence-corrected chi connectivity index (χ3v) is 10.2. The molecule has 1 aromatic heterocycles. The van der Waals surface area contributed by atoms with E-state index in [4.69, 9.17) is 24.0 Å². The molecule has 2 heterocycles. The highest BCUT2D eigenvalue weighted by molar-refractivity contribution is 7.99. The van der Waals surface area contributed by atoms with Gasteiger partial charge < -0.3 is 29.4 Å². The third-order valence-electron chi connectivity index (χ3n) is 9.27. The Labute approximate surface area is 309 Å². The van der Waals surface area contributed by atoms with Crippen LogP contribution in [0.4, 0.5) is 0 Å². The first-order valence-corrected chi connectivity index (χ1v) is 19.0. The number of hydrogen-bond donors (Lipinski definition) is 3. The topological polar surface area (TPSA) is 131 Å². The predicted octanol–water partition coefficient (Wildman–Crippen LogP) is 7.94. The van der Waals surface area contributed by atoms with Crippen molar-refractivity contribution in [1.29, 1.82) is 0 Å². The molecule has 272 valence electrons. The molecule has 2 aliphatic rings. The van der Waals surface area contributed by atoms with Crippen molar-refractivity contribution in [2.24, 2.45) is 5.92 Å². The number of carbonyl (C=O) groups is 2. The zero-order chi connectivity index (χ0) is 36.1. The molecule has 10 heteroatoms. The number of rotatable bonds is 17. The van der Waals surface area contributed by atoms with E-state index in [9.17, 15) is 14.7 Å². The molecule has 1 amide bonds. The number of ether oxygens (including phenoxy) is 2. The van der Waals surface area contributed by atoms with E-state index in [1.807, 2.05) is 103 Å². The fourth-order valence-corrected chi connectivity index (χ4v) is 7.23. The number of amides is 1. The second kappa shape index (κ2) is 19.0. The number of thioether (sulfide) groups is 1. The predicted molar refractivity (Wildman–Crippen MR) is 201 cm³/mol. The second-order valence-corrected chi connectivity index (χ2v) is 14.1. The van der Waals surface area contributed by atoms with E-state index in [1.54, 1.807) is 0 Å². The average molecular weight is 723 g/mol. The van der Waals surface area contributed by atoms with Gasteiger partial charge in [-0.1, -0.05) is 122 Å². The molecule has 6 rings (SSSR count). The molecule has 3 aromatic carbocycles. The van der Waals surface area contributed by atoms with E-state index >= 15 is 0 Å². The maximum atomic E-state index is 12.6. The zero-order valence-corrected chi connectivity index (χ0v) is 30.0. The van der Waals surface area contributed by atoms with Gasteiger partial charge in [-0.2, -0.15) is 0 Å². The van der Waals surface area contributed by atoms with E-state index in [2.05, 4.69) is 5.32 Å². The first kappa shape index (κ1) is 37.4. The lowest BCUT2D eigenvalue weighted by Crippen LogP contribution is -2.40. The highest BCUT2D eigenvalue weighted by atomic mass is 32.2. The highest BCUT2D eigenvalue weighted by Crippen LogP contribution is 2.40. The molecule has 3 N–H and O–H groups in total. The fraction of sp³-hybridized carbons (Fsp3) is 0.357. The Balaban J connectivity index is 1.09. The van der Waals surface area contributed by atoms with Gasteiger partial charge >= 0.3 is 0 Å². The zero-order valence-electron chi connectivity index (χ0n) is 29.2. The summed E-state index contributed by atoms with van der Waals surface area (Å²) in [6.07, 6.45) is 10.4. The molecule has 1 aliphatic carbocycles. The van der Waals surface area contributed by atoms with Gasteiger partial charge in [0.1, 0.15) is 12.3 Å². The lowest BCUT2D eigenvalue weighted by atomic mass is 9.96. The third kappa shape index (κ3) is 10.4. The minimum Gasteiger partial charge on any atom is -0.431 e. The number of hydrogen-bond acceptors (Lipinski definition) is 9. The van der Waals surface area contributed by atoms with Crippen molar-refractivity contribution >= 4 is 23.5 Å². The maximum Gasteiger partial charge on any atom is 0.256 e. The number of oxazole rings is 1. The first-order valence-electron chi connectivity index (χ1n) is 18.0. The van der Waals surface area contributed by atoms with Crippen LogP contribution in [0.25, 0.3) is 22.6 Å². The number of ketones is 1. The molecule has 1 fully saturated rings. The summed E-state index contributed by atoms with van der Waals surface area (Å²) in [5.74, 6) is 1.12. The Morgan fingerprint density at radius 3 is 2.23 bits per heavy atom. The first-order chi connectivity index (χ1) is 25.5. The van der Waals surface area contributed by atoms with Gasteiger partial charge in [0, 0.05) is 47.8 Å². The number of nitrogens with one attached hydrogen (secondary N) is 1. The Kier molecular flexibility index (Phi) is 13.6. The molecule has 1 aliphatic heterocycles. The van der Waals surface area contributed by atoms with Crippen LogP contribution in [0.1, 0.15) is 68.6 Å². The van der Waals surface area contributed by atoms with Crippen LogP contribution in [0.2, 0.25) is 0 Å². The van der Waals surface area contributed by atoms with E-state index in [1.165, 1.54) is 11.8 Å². The molecule has 4 atom stereocenters. The number of carbonyl (C=O) groups excluding carboxylic acids is 2. The van der Waals surface area contributed by atoms with Crippen molar-refractivity contribution in [3.63, 3.8) is 0 Å². The number of aliphatic hydroxyl groups excluding tert-OH is 2. The molecule has 0 spiro atoms. The summed E-state index contributed by atoms with van der Waals surface area (Å²) < 4.78 is 19.6. The summed E-state index contributed by atoms with van der Waals surface area (Å²) in [6, 6.07) is 27.9. The number of benzene rings is 3. The Morgan fingerprint density at radius 1 is 0.846 bits per heavy atom. The van der Waals surface area contributed by atoms with Crippen LogP contribution >= 0.6 is 11.8 Å². The summed E-state index contributed by atoms with van der Waals surface area (Å²) in [7, 11) is 0. The van der Waals surface area contributed by atoms with Crippen molar-refractivity contribution in [2.45, 2.75) is 81.7 Å². The van der Waals surface area contributed by atoms with Gasteiger partial charge in [-0.15, -0.1) is 0 Å². The average Bonchev–Trinajstić information content (AvgIpc) is 3.63. The minimum absolute atomic E-state index is 0.0193. The standard InChI is InChI=1S/C42H46N2O7S/c45-26-29-17-19-30(20-18-29)37-25-36(28-52-42-44-39(31-11-5-3-6-12-31)40(51-42)32-13-7-4-8-14-32)49-41(50-37)33-21-23-34(24-22-33)43-38(48)16-10-2-1-9-15-35(47)27-46/h3-8,11-14,17-21,23-24,33,36-37,41,45-46H,1-2,9-10,15-16,22,25-28H2,(H,43,48)/t33?,36-,37+,41+/m1/s1. The van der Waals surface area contributed by atoms with Crippen molar-refractivity contribution in [1.82, 2.24) is 10.3 Å². The van der Waals surface area contributed by atoms with Crippen LogP contribution in [-0.4, -0.2) is 51.6 Å². The number of allylic oxidation sites excluding steroid dienone is 2. The number of aromatic nitrogens is 1. The Bertz CT molecular complexity index is 1750. The molecule has 1 saturated heterocycles. The SMILES string of the molecule is O=C(CO)CCCCCCC(=O)NC1=CCC([C@H]2O[C@@H](CSc3nc(-c4ccccc4)c(-c4ccccc4)o3)C[C@@H](c3ccc(CO)cc3)O2)C=C1. The summed E-state index contributed by atoms with van der Waals surface area (Å²) in [5, 5.41) is 22.0. The molecule has 0 saturated carbocycles. The Hall–Kier alpha value is -4.32. The van der Waals surface area contributed by atoms with Gasteiger partial charge in [-0.3, -0.25) is 9.59 Å². The molecule has 0 radical (unpaired) electrons. The van der Waals surface area contributed by atoms with Crippen LogP contribution in [0.15, 0.2) is 118 Å². The normalized spacial score (nSPS) is 20.0. The number of Topliss-reactive ketones (excluding diaryl/α,β-unsaturated/α-hetero) is 1. The summed E-state index contributed by atoms with van der Waals surface area (Å²) in [4.78, 5) is 28.8. The highest BCUT2D eigenvalue weighted by Gasteiger charge is 2.35. The van der Waals surface area contributed by atoms with E-state index in [0.29, 0.717) is 36.7 Å². The minimum atomic E-state index is -0.506.